The molecule has 4 aromatic carbocycles. The summed E-state index contributed by atoms with van der Waals surface area (Å²) in [5.41, 5.74) is 19.7. The largest absolute Gasteiger partial charge is 0.397 e. The van der Waals surface area contributed by atoms with Crippen molar-refractivity contribution in [1.82, 2.24) is 0 Å². The summed E-state index contributed by atoms with van der Waals surface area (Å²) in [7, 11) is 0. The molecule has 0 saturated heterocycles. The van der Waals surface area contributed by atoms with Crippen LogP contribution in [0.25, 0.3) is 0 Å². The van der Waals surface area contributed by atoms with Crippen molar-refractivity contribution in [2.75, 3.05) is 22.1 Å². The molecule has 0 atom stereocenters. The van der Waals surface area contributed by atoms with Gasteiger partial charge >= 0.3 is 0 Å². The second-order valence-corrected chi connectivity index (χ2v) is 7.16. The summed E-state index contributed by atoms with van der Waals surface area (Å²) >= 11 is 0. The molecule has 152 valence electrons. The number of anilines is 6. The van der Waals surface area contributed by atoms with Gasteiger partial charge in [-0.1, -0.05) is 59.7 Å². The number of hydrogen-bond donors (Lipinski definition) is 4. The first-order valence-corrected chi connectivity index (χ1v) is 9.87. The molecule has 0 aliphatic carbocycles. The molecular weight excluding hydrogens is 368 g/mol. The number of rotatable bonds is 4. The van der Waals surface area contributed by atoms with Crippen molar-refractivity contribution < 1.29 is 0 Å². The van der Waals surface area contributed by atoms with Gasteiger partial charge in [-0.2, -0.15) is 0 Å². The van der Waals surface area contributed by atoms with Gasteiger partial charge < -0.3 is 22.1 Å². The molecule has 0 aromatic heterocycles. The molecule has 0 saturated carbocycles. The van der Waals surface area contributed by atoms with Crippen LogP contribution in [0.15, 0.2) is 97.1 Å². The molecule has 0 aliphatic heterocycles. The minimum atomic E-state index is 0.762. The van der Waals surface area contributed by atoms with E-state index in [1.54, 1.807) is 0 Å². The van der Waals surface area contributed by atoms with Gasteiger partial charge in [0.2, 0.25) is 0 Å². The van der Waals surface area contributed by atoms with Gasteiger partial charge in [-0.05, 0) is 62.4 Å². The predicted molar refractivity (Wildman–Crippen MR) is 131 cm³/mol. The van der Waals surface area contributed by atoms with Gasteiger partial charge in [-0.3, -0.25) is 0 Å². The number of benzene rings is 4. The lowest BCUT2D eigenvalue weighted by atomic mass is 10.2. The van der Waals surface area contributed by atoms with Crippen molar-refractivity contribution in [3.05, 3.63) is 108 Å². The van der Waals surface area contributed by atoms with Crippen LogP contribution in [0.5, 0.6) is 0 Å². The maximum absolute atomic E-state index is 5.84. The molecule has 0 unspecified atom stereocenters. The molecule has 0 radical (unpaired) electrons. The first-order chi connectivity index (χ1) is 14.5. The van der Waals surface area contributed by atoms with E-state index in [-0.39, 0.29) is 0 Å². The van der Waals surface area contributed by atoms with Crippen LogP contribution in [-0.4, -0.2) is 0 Å². The molecule has 4 aromatic rings. The fourth-order valence-corrected chi connectivity index (χ4v) is 2.81. The fraction of sp³-hybridized carbons (Fsp3) is 0.0769. The van der Waals surface area contributed by atoms with Crippen LogP contribution >= 0.6 is 0 Å². The minimum Gasteiger partial charge on any atom is -0.397 e. The van der Waals surface area contributed by atoms with Crippen LogP contribution in [0, 0.1) is 13.8 Å². The normalized spacial score (nSPS) is 9.93. The molecule has 4 rings (SSSR count). The Hall–Kier alpha value is -3.92. The molecule has 0 heterocycles. The Morgan fingerprint density at radius 1 is 0.467 bits per heavy atom. The third-order valence-corrected chi connectivity index (χ3v) is 4.58. The van der Waals surface area contributed by atoms with Gasteiger partial charge in [0.1, 0.15) is 0 Å². The Bertz CT molecular complexity index is 982. The van der Waals surface area contributed by atoms with Crippen LogP contribution in [0.3, 0.4) is 0 Å². The van der Waals surface area contributed by atoms with Crippen molar-refractivity contribution in [1.29, 1.82) is 0 Å². The summed E-state index contributed by atoms with van der Waals surface area (Å²) in [4.78, 5) is 0. The molecule has 4 nitrogen and oxygen atoms in total. The van der Waals surface area contributed by atoms with Crippen molar-refractivity contribution in [3.63, 3.8) is 0 Å². The van der Waals surface area contributed by atoms with E-state index in [0.717, 1.165) is 34.1 Å². The zero-order valence-electron chi connectivity index (χ0n) is 17.4. The van der Waals surface area contributed by atoms with E-state index in [1.807, 2.05) is 72.8 Å². The van der Waals surface area contributed by atoms with Crippen LogP contribution in [0.4, 0.5) is 34.1 Å². The topological polar surface area (TPSA) is 76.1 Å². The molecule has 30 heavy (non-hydrogen) atoms. The lowest BCUT2D eigenvalue weighted by Gasteiger charge is -2.08. The number of nitrogens with one attached hydrogen (secondary N) is 2. The van der Waals surface area contributed by atoms with Gasteiger partial charge in [-0.15, -0.1) is 0 Å². The number of para-hydroxylation sites is 4. The van der Waals surface area contributed by atoms with E-state index in [0.29, 0.717) is 0 Å². The number of nitrogens with two attached hydrogens (primary N) is 2. The first-order valence-electron chi connectivity index (χ1n) is 9.87. The minimum absolute atomic E-state index is 0.762. The quantitative estimate of drug-likeness (QED) is 0.292. The van der Waals surface area contributed by atoms with Gasteiger partial charge in [0.15, 0.2) is 0 Å². The lowest BCUT2D eigenvalue weighted by Crippen LogP contribution is -1.95. The maximum Gasteiger partial charge on any atom is 0.0617 e. The molecular formula is C26H28N4. The first kappa shape index (κ1) is 20.8. The van der Waals surface area contributed by atoms with Crippen LogP contribution in [0.2, 0.25) is 0 Å². The Balaban J connectivity index is 0.000000171. The molecule has 0 spiro atoms. The zero-order chi connectivity index (χ0) is 21.3. The van der Waals surface area contributed by atoms with Crippen molar-refractivity contribution in [2.45, 2.75) is 13.8 Å². The van der Waals surface area contributed by atoms with Crippen molar-refractivity contribution in [2.24, 2.45) is 0 Å². The Morgan fingerprint density at radius 2 is 0.800 bits per heavy atom. The monoisotopic (exact) mass is 396 g/mol. The molecule has 0 amide bonds. The summed E-state index contributed by atoms with van der Waals surface area (Å²) < 4.78 is 0. The fourth-order valence-electron chi connectivity index (χ4n) is 2.81. The molecule has 0 fully saturated rings. The summed E-state index contributed by atoms with van der Waals surface area (Å²) in [6.45, 7) is 4.14. The smallest absolute Gasteiger partial charge is 0.0617 e. The summed E-state index contributed by atoms with van der Waals surface area (Å²) in [6, 6.07) is 31.9. The maximum atomic E-state index is 5.84. The Morgan fingerprint density at radius 3 is 1.13 bits per heavy atom. The number of nitrogen functional groups attached to an aromatic ring is 2. The third kappa shape index (κ3) is 6.04. The van der Waals surface area contributed by atoms with Gasteiger partial charge in [-0.25, -0.2) is 0 Å². The molecule has 4 heteroatoms. The van der Waals surface area contributed by atoms with E-state index in [2.05, 4.69) is 48.7 Å². The Kier molecular flexibility index (Phi) is 6.95. The van der Waals surface area contributed by atoms with Crippen LogP contribution in [-0.2, 0) is 0 Å². The van der Waals surface area contributed by atoms with Gasteiger partial charge in [0.25, 0.3) is 0 Å². The highest BCUT2D eigenvalue weighted by molar-refractivity contribution is 5.73. The lowest BCUT2D eigenvalue weighted by molar-refractivity contribution is 1.45. The summed E-state index contributed by atoms with van der Waals surface area (Å²) in [5.74, 6) is 0. The molecule has 0 aliphatic rings. The van der Waals surface area contributed by atoms with Gasteiger partial charge in [0, 0.05) is 11.4 Å². The number of aryl methyl sites for hydroxylation is 2. The average molecular weight is 397 g/mol. The van der Waals surface area contributed by atoms with E-state index in [9.17, 15) is 0 Å². The van der Waals surface area contributed by atoms with Crippen LogP contribution < -0.4 is 22.1 Å². The highest BCUT2D eigenvalue weighted by atomic mass is 14.9. The number of hydrogen-bond acceptors (Lipinski definition) is 4. The summed E-state index contributed by atoms with van der Waals surface area (Å²) in [6.07, 6.45) is 0. The molecule has 6 N–H and O–H groups in total. The van der Waals surface area contributed by atoms with E-state index in [1.165, 1.54) is 11.1 Å². The second-order valence-electron chi connectivity index (χ2n) is 7.16. The van der Waals surface area contributed by atoms with Crippen molar-refractivity contribution >= 4 is 34.1 Å². The zero-order valence-corrected chi connectivity index (χ0v) is 17.4. The highest BCUT2D eigenvalue weighted by Crippen LogP contribution is 2.23. The molecule has 0 bridgehead atoms. The van der Waals surface area contributed by atoms with Crippen LogP contribution in [0.1, 0.15) is 11.1 Å². The summed E-state index contributed by atoms with van der Waals surface area (Å²) in [5, 5.41) is 6.55. The van der Waals surface area contributed by atoms with E-state index in [4.69, 9.17) is 11.5 Å². The SMILES string of the molecule is Cc1ccc(Nc2ccccc2N)cc1.Cc1ccc(Nc2ccccc2N)cc1. The highest BCUT2D eigenvalue weighted by Gasteiger charge is 1.98. The van der Waals surface area contributed by atoms with Gasteiger partial charge in [0.05, 0.1) is 22.7 Å². The standard InChI is InChI=1S/2C13H14N2/c2*1-10-6-8-11(9-7-10)15-13-5-3-2-4-12(13)14/h2*2-9,15H,14H2,1H3. The van der Waals surface area contributed by atoms with E-state index >= 15 is 0 Å². The Labute approximate surface area is 178 Å². The van der Waals surface area contributed by atoms with E-state index < -0.39 is 0 Å². The predicted octanol–water partition coefficient (Wildman–Crippen LogP) is 6.64. The van der Waals surface area contributed by atoms with Crippen molar-refractivity contribution in [3.8, 4) is 0 Å². The second kappa shape index (κ2) is 10.0. The average Bonchev–Trinajstić information content (AvgIpc) is 2.75. The third-order valence-electron chi connectivity index (χ3n) is 4.58.